The van der Waals surface area contributed by atoms with E-state index in [-0.39, 0.29) is 16.9 Å². The van der Waals surface area contributed by atoms with Gasteiger partial charge in [0.15, 0.2) is 5.16 Å². The lowest BCUT2D eigenvalue weighted by molar-refractivity contribution is -0.115. The van der Waals surface area contributed by atoms with Gasteiger partial charge in [-0.05, 0) is 68.1 Å². The summed E-state index contributed by atoms with van der Waals surface area (Å²) in [6.07, 6.45) is 6.24. The molecule has 6 rings (SSSR count). The number of fused-ring (bicyclic) bond motifs is 4. The van der Waals surface area contributed by atoms with E-state index in [0.717, 1.165) is 54.6 Å². The molecule has 2 aliphatic carbocycles. The molecule has 3 aromatic carbocycles. The lowest BCUT2D eigenvalue weighted by Gasteiger charge is -2.42. The van der Waals surface area contributed by atoms with E-state index in [4.69, 9.17) is 9.72 Å². The van der Waals surface area contributed by atoms with Crippen molar-refractivity contribution in [3.8, 4) is 22.7 Å². The number of methoxy groups -OCH3 is 1. The highest BCUT2D eigenvalue weighted by Crippen LogP contribution is 2.49. The molecule has 0 aliphatic heterocycles. The average molecular weight is 552 g/mol. The fraction of sp³-hybridized carbons (Fsp3) is 0.303. The van der Waals surface area contributed by atoms with Crippen LogP contribution in [0.15, 0.2) is 88.8 Å². The topological polar surface area (TPSA) is 73.2 Å². The van der Waals surface area contributed by atoms with Crippen LogP contribution in [0.25, 0.3) is 16.9 Å². The van der Waals surface area contributed by atoms with E-state index in [2.05, 4.69) is 23.5 Å². The van der Waals surface area contributed by atoms with Gasteiger partial charge >= 0.3 is 0 Å². The standard InChI is InChI=1S/C33H33N3O3S/c1-22(30(37)34-24-12-5-3-6-13-24)40-32-35-29-27-14-8-7-11-23(27)21-33(19-9-4-10-20-33)28(29)31(38)36(32)25-15-17-26(39-2)18-16-25/h3,5-8,11-18,22H,4,9-10,19-21H2,1-2H3,(H,34,37). The van der Waals surface area contributed by atoms with Crippen LogP contribution >= 0.6 is 11.8 Å². The van der Waals surface area contributed by atoms with Gasteiger partial charge in [-0.3, -0.25) is 14.2 Å². The molecule has 1 atom stereocenters. The van der Waals surface area contributed by atoms with Gasteiger partial charge in [0.05, 0.1) is 29.3 Å². The Balaban J connectivity index is 1.51. The fourth-order valence-electron chi connectivity index (χ4n) is 6.20. The molecule has 204 valence electrons. The first-order valence-corrected chi connectivity index (χ1v) is 14.8. The van der Waals surface area contributed by atoms with Crippen LogP contribution in [0.4, 0.5) is 5.69 Å². The van der Waals surface area contributed by atoms with Gasteiger partial charge in [0, 0.05) is 16.7 Å². The number of carbonyl (C=O) groups excluding carboxylic acids is 1. The van der Waals surface area contributed by atoms with E-state index in [1.165, 1.54) is 23.7 Å². The Morgan fingerprint density at radius 3 is 2.40 bits per heavy atom. The minimum Gasteiger partial charge on any atom is -0.497 e. The monoisotopic (exact) mass is 551 g/mol. The number of carbonyl (C=O) groups is 1. The largest absolute Gasteiger partial charge is 0.497 e. The van der Waals surface area contributed by atoms with Crippen molar-refractivity contribution in [1.29, 1.82) is 0 Å². The molecular weight excluding hydrogens is 518 g/mol. The Bertz CT molecular complexity index is 1590. The molecule has 1 fully saturated rings. The van der Waals surface area contributed by atoms with E-state index >= 15 is 0 Å². The second kappa shape index (κ2) is 11.0. The maximum Gasteiger partial charge on any atom is 0.263 e. The average Bonchev–Trinajstić information content (AvgIpc) is 2.98. The molecule has 1 heterocycles. The summed E-state index contributed by atoms with van der Waals surface area (Å²) in [5.41, 5.74) is 5.06. The van der Waals surface area contributed by atoms with Crippen molar-refractivity contribution in [3.63, 3.8) is 0 Å². The van der Waals surface area contributed by atoms with Gasteiger partial charge < -0.3 is 10.1 Å². The van der Waals surface area contributed by atoms with Crippen LogP contribution in [0.3, 0.4) is 0 Å². The summed E-state index contributed by atoms with van der Waals surface area (Å²) in [4.78, 5) is 33.1. The van der Waals surface area contributed by atoms with Crippen molar-refractivity contribution in [2.75, 3.05) is 12.4 Å². The number of thioether (sulfide) groups is 1. The third-order valence-corrected chi connectivity index (χ3v) is 9.27. The normalized spacial score (nSPS) is 16.1. The Hall–Kier alpha value is -3.84. The molecule has 2 aliphatic rings. The summed E-state index contributed by atoms with van der Waals surface area (Å²) in [6.45, 7) is 1.85. The first-order chi connectivity index (χ1) is 19.5. The number of rotatable bonds is 6. The number of amides is 1. The molecule has 1 spiro atoms. The molecule has 1 unspecified atom stereocenters. The van der Waals surface area contributed by atoms with Crippen molar-refractivity contribution in [2.24, 2.45) is 0 Å². The number of hydrogen-bond acceptors (Lipinski definition) is 5. The summed E-state index contributed by atoms with van der Waals surface area (Å²) in [5, 5.41) is 3.00. The van der Waals surface area contributed by atoms with Crippen LogP contribution in [0.1, 0.15) is 50.2 Å². The summed E-state index contributed by atoms with van der Waals surface area (Å²) < 4.78 is 7.08. The van der Waals surface area contributed by atoms with E-state index in [1.54, 1.807) is 11.7 Å². The number of aromatic nitrogens is 2. The molecular formula is C33H33N3O3S. The molecule has 0 radical (unpaired) electrons. The van der Waals surface area contributed by atoms with Gasteiger partial charge in [-0.15, -0.1) is 0 Å². The zero-order chi connectivity index (χ0) is 27.7. The second-order valence-corrected chi connectivity index (χ2v) is 12.1. The smallest absolute Gasteiger partial charge is 0.263 e. The van der Waals surface area contributed by atoms with Crippen LogP contribution in [0, 0.1) is 0 Å². The van der Waals surface area contributed by atoms with Crippen LogP contribution < -0.4 is 15.6 Å². The van der Waals surface area contributed by atoms with Gasteiger partial charge in [-0.25, -0.2) is 4.98 Å². The zero-order valence-corrected chi connectivity index (χ0v) is 23.7. The number of benzene rings is 3. The maximum absolute atomic E-state index is 14.7. The predicted molar refractivity (Wildman–Crippen MR) is 161 cm³/mol. The SMILES string of the molecule is COc1ccc(-n2c(SC(C)C(=O)Nc3ccccc3)nc3c(c2=O)C2(CCCCC2)Cc2ccccc2-3)cc1. The Labute approximate surface area is 238 Å². The molecule has 1 N–H and O–H groups in total. The number of nitrogens with one attached hydrogen (secondary N) is 1. The highest BCUT2D eigenvalue weighted by Gasteiger charge is 2.43. The molecule has 1 amide bonds. The number of para-hydroxylation sites is 1. The Kier molecular flexibility index (Phi) is 7.24. The quantitative estimate of drug-likeness (QED) is 0.211. The molecule has 7 heteroatoms. The van der Waals surface area contributed by atoms with Gasteiger partial charge in [0.1, 0.15) is 5.75 Å². The summed E-state index contributed by atoms with van der Waals surface area (Å²) in [7, 11) is 1.63. The summed E-state index contributed by atoms with van der Waals surface area (Å²) >= 11 is 1.31. The Morgan fingerprint density at radius 1 is 0.975 bits per heavy atom. The molecule has 6 nitrogen and oxygen atoms in total. The third kappa shape index (κ3) is 4.83. The van der Waals surface area contributed by atoms with E-state index in [0.29, 0.717) is 16.6 Å². The number of nitrogens with zero attached hydrogens (tertiary/aromatic N) is 2. The summed E-state index contributed by atoms with van der Waals surface area (Å²) in [6, 6.07) is 25.2. The highest BCUT2D eigenvalue weighted by atomic mass is 32.2. The minimum atomic E-state index is -0.489. The van der Waals surface area contributed by atoms with Gasteiger partial charge in [-0.1, -0.05) is 73.5 Å². The van der Waals surface area contributed by atoms with Gasteiger partial charge in [0.2, 0.25) is 5.91 Å². The predicted octanol–water partition coefficient (Wildman–Crippen LogP) is 6.79. The molecule has 0 saturated heterocycles. The van der Waals surface area contributed by atoms with Crippen LogP contribution in [0.2, 0.25) is 0 Å². The molecule has 1 aromatic heterocycles. The maximum atomic E-state index is 14.7. The van der Waals surface area contributed by atoms with Crippen LogP contribution in [-0.4, -0.2) is 27.8 Å². The second-order valence-electron chi connectivity index (χ2n) is 10.7. The first kappa shape index (κ1) is 26.4. The number of anilines is 1. The number of ether oxygens (including phenoxy) is 1. The van der Waals surface area contributed by atoms with Crippen molar-refractivity contribution in [3.05, 3.63) is 100 Å². The van der Waals surface area contributed by atoms with Crippen LogP contribution in [0.5, 0.6) is 5.75 Å². The van der Waals surface area contributed by atoms with Crippen molar-refractivity contribution < 1.29 is 9.53 Å². The van der Waals surface area contributed by atoms with Gasteiger partial charge in [0.25, 0.3) is 5.56 Å². The molecule has 1 saturated carbocycles. The van der Waals surface area contributed by atoms with Crippen molar-refractivity contribution in [1.82, 2.24) is 9.55 Å². The highest BCUT2D eigenvalue weighted by molar-refractivity contribution is 8.00. The van der Waals surface area contributed by atoms with Crippen LogP contribution in [-0.2, 0) is 16.6 Å². The van der Waals surface area contributed by atoms with Crippen molar-refractivity contribution >= 4 is 23.4 Å². The third-order valence-electron chi connectivity index (χ3n) is 8.22. The van der Waals surface area contributed by atoms with E-state index in [9.17, 15) is 9.59 Å². The molecule has 0 bridgehead atoms. The van der Waals surface area contributed by atoms with E-state index < -0.39 is 5.25 Å². The Morgan fingerprint density at radius 2 is 1.68 bits per heavy atom. The lowest BCUT2D eigenvalue weighted by atomic mass is 9.62. The fourth-order valence-corrected chi connectivity index (χ4v) is 7.12. The first-order valence-electron chi connectivity index (χ1n) is 13.9. The van der Waals surface area contributed by atoms with Crippen molar-refractivity contribution in [2.45, 2.75) is 61.3 Å². The zero-order valence-electron chi connectivity index (χ0n) is 22.9. The molecule has 40 heavy (non-hydrogen) atoms. The summed E-state index contributed by atoms with van der Waals surface area (Å²) in [5.74, 6) is 0.568. The lowest BCUT2D eigenvalue weighted by Crippen LogP contribution is -2.43. The van der Waals surface area contributed by atoms with Gasteiger partial charge in [-0.2, -0.15) is 0 Å². The molecule has 4 aromatic rings. The van der Waals surface area contributed by atoms with E-state index in [1.807, 2.05) is 67.6 Å². The number of hydrogen-bond donors (Lipinski definition) is 1. The minimum absolute atomic E-state index is 0.0373.